The van der Waals surface area contributed by atoms with Gasteiger partial charge in [-0.15, -0.1) is 10.2 Å². The van der Waals surface area contributed by atoms with E-state index in [2.05, 4.69) is 10.2 Å². The van der Waals surface area contributed by atoms with Crippen molar-refractivity contribution >= 4 is 11.0 Å². The maximum absolute atomic E-state index is 13.8. The average Bonchev–Trinajstić information content (AvgIpc) is 3.08. The van der Waals surface area contributed by atoms with Gasteiger partial charge in [-0.2, -0.15) is 0 Å². The van der Waals surface area contributed by atoms with E-state index < -0.39 is 11.4 Å². The predicted octanol–water partition coefficient (Wildman–Crippen LogP) is 3.56. The first-order valence-electron chi connectivity index (χ1n) is 7.44. The third-order valence-electron chi connectivity index (χ3n) is 3.53. The number of benzene rings is 2. The van der Waals surface area contributed by atoms with Crippen molar-refractivity contribution < 1.29 is 18.0 Å². The summed E-state index contributed by atoms with van der Waals surface area (Å²) in [6, 6.07) is 14.4. The molecule has 0 bridgehead atoms. The van der Waals surface area contributed by atoms with E-state index in [9.17, 15) is 9.18 Å². The van der Waals surface area contributed by atoms with Gasteiger partial charge in [-0.05, 0) is 24.3 Å². The molecular formula is C18H11FN2O4. The van der Waals surface area contributed by atoms with Gasteiger partial charge in [-0.3, -0.25) is 0 Å². The van der Waals surface area contributed by atoms with Crippen LogP contribution in [0.25, 0.3) is 22.4 Å². The number of ether oxygens (including phenoxy) is 1. The Kier molecular flexibility index (Phi) is 3.74. The minimum absolute atomic E-state index is 0.0606. The molecule has 0 atom stereocenters. The molecule has 2 aromatic heterocycles. The van der Waals surface area contributed by atoms with Crippen molar-refractivity contribution in [3.63, 3.8) is 0 Å². The smallest absolute Gasteiger partial charge is 0.339 e. The maximum atomic E-state index is 13.8. The number of para-hydroxylation sites is 1. The van der Waals surface area contributed by atoms with Crippen molar-refractivity contribution in [1.29, 1.82) is 0 Å². The molecule has 0 saturated heterocycles. The van der Waals surface area contributed by atoms with Gasteiger partial charge >= 0.3 is 5.63 Å². The fourth-order valence-electron chi connectivity index (χ4n) is 2.40. The van der Waals surface area contributed by atoms with Gasteiger partial charge in [0.05, 0.1) is 17.0 Å². The summed E-state index contributed by atoms with van der Waals surface area (Å²) in [5.41, 5.74) is 0.112. The summed E-state index contributed by atoms with van der Waals surface area (Å²) in [5.74, 6) is 0.118. The number of aromatic nitrogens is 2. The summed E-state index contributed by atoms with van der Waals surface area (Å²) >= 11 is 0. The Bertz CT molecular complexity index is 1100. The van der Waals surface area contributed by atoms with Crippen LogP contribution in [-0.2, 0) is 6.61 Å². The van der Waals surface area contributed by atoms with Gasteiger partial charge in [-0.1, -0.05) is 24.3 Å². The Morgan fingerprint density at radius 1 is 1.00 bits per heavy atom. The van der Waals surface area contributed by atoms with Crippen molar-refractivity contribution in [2.24, 2.45) is 0 Å². The molecule has 25 heavy (non-hydrogen) atoms. The third kappa shape index (κ3) is 2.99. The molecule has 7 heteroatoms. The molecule has 0 amide bonds. The van der Waals surface area contributed by atoms with Gasteiger partial charge in [0.2, 0.25) is 0 Å². The lowest BCUT2D eigenvalue weighted by Gasteiger charge is -2.05. The minimum Gasteiger partial charge on any atom is -0.483 e. The molecule has 0 aliphatic heterocycles. The van der Waals surface area contributed by atoms with Crippen LogP contribution >= 0.6 is 0 Å². The molecule has 2 heterocycles. The average molecular weight is 338 g/mol. The van der Waals surface area contributed by atoms with Crippen LogP contribution < -0.4 is 10.4 Å². The highest BCUT2D eigenvalue weighted by Gasteiger charge is 2.13. The fourth-order valence-corrected chi connectivity index (χ4v) is 2.40. The van der Waals surface area contributed by atoms with E-state index in [1.807, 2.05) is 0 Å². The molecule has 124 valence electrons. The molecule has 0 aliphatic rings. The van der Waals surface area contributed by atoms with Crippen molar-refractivity contribution in [2.75, 3.05) is 0 Å². The van der Waals surface area contributed by atoms with E-state index in [0.29, 0.717) is 16.7 Å². The standard InChI is InChI=1S/C18H11FN2O4/c19-13-7-3-1-5-11(13)18-21-20-16(25-18)10-23-15-9-17(22)24-14-8-4-2-6-12(14)15/h1-9H,10H2. The summed E-state index contributed by atoms with van der Waals surface area (Å²) in [5, 5.41) is 8.31. The minimum atomic E-state index is -0.522. The number of fused-ring (bicyclic) bond motifs is 1. The molecule has 0 N–H and O–H groups in total. The summed E-state index contributed by atoms with van der Waals surface area (Å²) in [6.45, 7) is -0.0606. The van der Waals surface area contributed by atoms with Crippen molar-refractivity contribution in [1.82, 2.24) is 10.2 Å². The van der Waals surface area contributed by atoms with Gasteiger partial charge in [0.25, 0.3) is 11.8 Å². The highest BCUT2D eigenvalue weighted by atomic mass is 19.1. The highest BCUT2D eigenvalue weighted by Crippen LogP contribution is 2.25. The Morgan fingerprint density at radius 3 is 2.68 bits per heavy atom. The topological polar surface area (TPSA) is 78.4 Å². The van der Waals surface area contributed by atoms with Gasteiger partial charge < -0.3 is 13.6 Å². The number of hydrogen-bond donors (Lipinski definition) is 0. The molecule has 0 radical (unpaired) electrons. The second kappa shape index (κ2) is 6.20. The summed E-state index contributed by atoms with van der Waals surface area (Å²) in [6.07, 6.45) is 0. The number of nitrogens with zero attached hydrogens (tertiary/aromatic N) is 2. The lowest BCUT2D eigenvalue weighted by molar-refractivity contribution is 0.265. The van der Waals surface area contributed by atoms with Gasteiger partial charge in [-0.25, -0.2) is 9.18 Å². The van der Waals surface area contributed by atoms with Gasteiger partial charge in [0, 0.05) is 0 Å². The molecule has 2 aromatic carbocycles. The van der Waals surface area contributed by atoms with Crippen LogP contribution in [0.4, 0.5) is 4.39 Å². The van der Waals surface area contributed by atoms with Crippen molar-refractivity contribution in [2.45, 2.75) is 6.61 Å². The lowest BCUT2D eigenvalue weighted by atomic mass is 10.2. The zero-order valence-electron chi connectivity index (χ0n) is 12.8. The molecule has 0 saturated carbocycles. The van der Waals surface area contributed by atoms with Crippen LogP contribution in [0.2, 0.25) is 0 Å². The van der Waals surface area contributed by atoms with E-state index in [4.69, 9.17) is 13.6 Å². The zero-order valence-corrected chi connectivity index (χ0v) is 12.8. The van der Waals surface area contributed by atoms with E-state index in [1.54, 1.807) is 42.5 Å². The molecular weight excluding hydrogens is 327 g/mol. The molecule has 4 rings (SSSR count). The quantitative estimate of drug-likeness (QED) is 0.529. The second-order valence-corrected chi connectivity index (χ2v) is 5.20. The Hall–Kier alpha value is -3.48. The normalized spacial score (nSPS) is 10.9. The molecule has 0 unspecified atom stereocenters. The lowest BCUT2D eigenvalue weighted by Crippen LogP contribution is -2.02. The third-order valence-corrected chi connectivity index (χ3v) is 3.53. The zero-order chi connectivity index (χ0) is 17.2. The maximum Gasteiger partial charge on any atom is 0.339 e. The molecule has 0 spiro atoms. The summed E-state index contributed by atoms with van der Waals surface area (Å²) in [4.78, 5) is 11.6. The van der Waals surface area contributed by atoms with Crippen LogP contribution in [0.15, 0.2) is 68.2 Å². The van der Waals surface area contributed by atoms with E-state index in [0.717, 1.165) is 0 Å². The van der Waals surface area contributed by atoms with Crippen LogP contribution in [0.5, 0.6) is 5.75 Å². The molecule has 6 nitrogen and oxygen atoms in total. The first-order chi connectivity index (χ1) is 12.2. The van der Waals surface area contributed by atoms with Crippen LogP contribution in [-0.4, -0.2) is 10.2 Å². The molecule has 0 aliphatic carbocycles. The fraction of sp³-hybridized carbons (Fsp3) is 0.0556. The van der Waals surface area contributed by atoms with E-state index >= 15 is 0 Å². The highest BCUT2D eigenvalue weighted by molar-refractivity contribution is 5.82. The summed E-state index contributed by atoms with van der Waals surface area (Å²) < 4.78 is 29.9. The SMILES string of the molecule is O=c1cc(OCc2nnc(-c3ccccc3F)o2)c2ccccc2o1. The second-order valence-electron chi connectivity index (χ2n) is 5.20. The number of halogens is 1. The van der Waals surface area contributed by atoms with Gasteiger partial charge in [0.1, 0.15) is 17.1 Å². The number of rotatable bonds is 4. The van der Waals surface area contributed by atoms with Crippen LogP contribution in [0, 0.1) is 5.82 Å². The van der Waals surface area contributed by atoms with Crippen molar-refractivity contribution in [3.05, 3.63) is 76.7 Å². The first kappa shape index (κ1) is 15.1. The Morgan fingerprint density at radius 2 is 1.80 bits per heavy atom. The largest absolute Gasteiger partial charge is 0.483 e. The van der Waals surface area contributed by atoms with Crippen LogP contribution in [0.1, 0.15) is 5.89 Å². The Labute approximate surface area is 140 Å². The molecule has 4 aromatic rings. The van der Waals surface area contributed by atoms with E-state index in [1.165, 1.54) is 12.1 Å². The first-order valence-corrected chi connectivity index (χ1v) is 7.44. The monoisotopic (exact) mass is 338 g/mol. The summed E-state index contributed by atoms with van der Waals surface area (Å²) in [7, 11) is 0. The van der Waals surface area contributed by atoms with Gasteiger partial charge in [0.15, 0.2) is 6.61 Å². The van der Waals surface area contributed by atoms with E-state index in [-0.39, 0.29) is 24.0 Å². The number of hydrogen-bond acceptors (Lipinski definition) is 6. The Balaban J connectivity index is 1.59. The predicted molar refractivity (Wildman–Crippen MR) is 86.5 cm³/mol. The van der Waals surface area contributed by atoms with Crippen molar-refractivity contribution in [3.8, 4) is 17.2 Å². The van der Waals surface area contributed by atoms with Crippen LogP contribution in [0.3, 0.4) is 0 Å². The molecule has 0 fully saturated rings.